The van der Waals surface area contributed by atoms with Gasteiger partial charge < -0.3 is 8.23 Å². The maximum Gasteiger partial charge on any atom is 0.389 e. The van der Waals surface area contributed by atoms with Gasteiger partial charge in [-0.3, -0.25) is 0 Å². The Morgan fingerprint density at radius 1 is 0.594 bits per heavy atom. The van der Waals surface area contributed by atoms with Crippen molar-refractivity contribution in [3.63, 3.8) is 0 Å². The summed E-state index contributed by atoms with van der Waals surface area (Å²) in [5, 5.41) is 0. The van der Waals surface area contributed by atoms with Crippen LogP contribution in [-0.2, 0) is 8.23 Å². The minimum atomic E-state index is -4.59. The van der Waals surface area contributed by atoms with Crippen molar-refractivity contribution in [1.29, 1.82) is 0 Å². The molecule has 32 heavy (non-hydrogen) atoms. The molecule has 14 heteroatoms. The van der Waals surface area contributed by atoms with Crippen molar-refractivity contribution >= 4 is 25.2 Å². The summed E-state index contributed by atoms with van der Waals surface area (Å²) in [5.41, 5.74) is 2.37. The number of hydrogen-bond acceptors (Lipinski definition) is 2. The van der Waals surface area contributed by atoms with Gasteiger partial charge in [0, 0.05) is 19.3 Å². The molecule has 0 aliphatic heterocycles. The second kappa shape index (κ2) is 12.8. The van der Waals surface area contributed by atoms with Crippen molar-refractivity contribution in [2.24, 2.45) is 0 Å². The van der Waals surface area contributed by atoms with E-state index in [0.717, 1.165) is 0 Å². The number of halogens is 9. The van der Waals surface area contributed by atoms with Crippen LogP contribution < -0.4 is 0 Å². The Labute approximate surface area is 188 Å². The molecule has 0 aromatic heterocycles. The Morgan fingerprint density at radius 3 is 1.06 bits per heavy atom. The fraction of sp³-hybridized carbons (Fsp3) is 0.778. The minimum absolute atomic E-state index is 0. The van der Waals surface area contributed by atoms with Crippen LogP contribution in [0.15, 0.2) is 24.6 Å². The van der Waals surface area contributed by atoms with Gasteiger partial charge in [0.15, 0.2) is 0 Å². The zero-order valence-corrected chi connectivity index (χ0v) is 20.0. The molecule has 0 aliphatic carbocycles. The van der Waals surface area contributed by atoms with Gasteiger partial charge in [-0.05, 0) is 37.8 Å². The first kappa shape index (κ1) is 36.0. The topological polar surface area (TPSA) is 18.5 Å². The average molecular weight is 539 g/mol. The van der Waals surface area contributed by atoms with Gasteiger partial charge in [0.1, 0.15) is 0 Å². The van der Waals surface area contributed by atoms with Crippen LogP contribution in [0.3, 0.4) is 0 Å². The summed E-state index contributed by atoms with van der Waals surface area (Å²) in [7, 11) is -10.6. The van der Waals surface area contributed by atoms with Crippen LogP contribution in [0, 0.1) is 0 Å². The molecule has 2 atom stereocenters. The normalized spacial score (nSPS) is 18.2. The summed E-state index contributed by atoms with van der Waals surface area (Å²) < 4.78 is 126. The molecule has 0 fully saturated rings. The first-order chi connectivity index (χ1) is 13.2. The van der Waals surface area contributed by atoms with E-state index in [9.17, 15) is 39.5 Å². The van der Waals surface area contributed by atoms with Crippen LogP contribution in [-0.4, -0.2) is 43.7 Å². The van der Waals surface area contributed by atoms with Gasteiger partial charge in [0.05, 0.1) is 0 Å². The summed E-state index contributed by atoms with van der Waals surface area (Å²) in [6.07, 6.45) is -17.3. The Morgan fingerprint density at radius 2 is 0.844 bits per heavy atom. The molecule has 0 saturated heterocycles. The Balaban J connectivity index is -0.00000420. The highest BCUT2D eigenvalue weighted by atomic mass is 28.5. The molecule has 2 unspecified atom stereocenters. The zero-order valence-electron chi connectivity index (χ0n) is 17.0. The first-order valence-corrected chi connectivity index (χ1v) is 16.9. The smallest absolute Gasteiger partial charge is 0.389 e. The van der Waals surface area contributed by atoms with E-state index in [4.69, 9.17) is 8.23 Å². The quantitative estimate of drug-likeness (QED) is 0.183. The maximum absolute atomic E-state index is 12.8. The van der Waals surface area contributed by atoms with Gasteiger partial charge in [0.25, 0.3) is 0 Å². The molecule has 0 aliphatic rings. The van der Waals surface area contributed by atoms with E-state index in [1.165, 1.54) is 31.0 Å². The highest BCUT2D eigenvalue weighted by Gasteiger charge is 2.48. The van der Waals surface area contributed by atoms with Crippen molar-refractivity contribution in [2.75, 3.05) is 0 Å². The Hall–Kier alpha value is -0.579. The van der Waals surface area contributed by atoms with Crippen LogP contribution in [0.2, 0.25) is 37.8 Å². The summed E-state index contributed by atoms with van der Waals surface area (Å²) >= 11 is 0. The molecular weight excluding hydrogens is 503 g/mol. The highest BCUT2D eigenvalue weighted by Crippen LogP contribution is 2.36. The number of alkyl halides is 9. The molecule has 0 aromatic rings. The van der Waals surface area contributed by atoms with Crippen molar-refractivity contribution in [1.82, 2.24) is 0 Å². The summed E-state index contributed by atoms with van der Waals surface area (Å²) in [5.74, 6) is 0. The summed E-state index contributed by atoms with van der Waals surface area (Å²) in [6, 6.07) is -1.61. The third-order valence-corrected chi connectivity index (χ3v) is 17.0. The largest absolute Gasteiger partial charge is 0.433 e. The molecule has 0 rings (SSSR count). The molecule has 0 amide bonds. The van der Waals surface area contributed by atoms with Crippen LogP contribution in [0.25, 0.3) is 0 Å². The van der Waals surface area contributed by atoms with Gasteiger partial charge >= 0.3 is 27.1 Å². The van der Waals surface area contributed by atoms with Crippen molar-refractivity contribution < 1.29 is 47.7 Å². The lowest BCUT2D eigenvalue weighted by atomic mass is 10.5. The van der Waals surface area contributed by atoms with E-state index in [2.05, 4.69) is 13.2 Å². The van der Waals surface area contributed by atoms with Gasteiger partial charge in [-0.2, -0.15) is 39.5 Å². The summed E-state index contributed by atoms with van der Waals surface area (Å²) in [4.78, 5) is 0. The molecule has 2 nitrogen and oxygen atoms in total. The minimum Gasteiger partial charge on any atom is -0.433 e. The van der Waals surface area contributed by atoms with E-state index in [1.807, 2.05) is 0 Å². The third-order valence-electron chi connectivity index (χ3n) is 4.43. The molecule has 194 valence electrons. The molecule has 0 saturated carbocycles. The van der Waals surface area contributed by atoms with Crippen molar-refractivity contribution in [2.45, 2.75) is 90.4 Å². The van der Waals surface area contributed by atoms with Crippen molar-refractivity contribution in [3.05, 3.63) is 24.6 Å². The van der Waals surface area contributed by atoms with Gasteiger partial charge in [0.2, 0.25) is 16.6 Å². The first-order valence-electron chi connectivity index (χ1n) is 9.03. The van der Waals surface area contributed by atoms with E-state index in [0.29, 0.717) is 0 Å². The molecule has 0 N–H and O–H groups in total. The SMILES string of the molecule is C.C.C=C[Si](C)(CCC(F)(F)F)O[Si](C)(CCC(F)(F)F)O[Si](C)(C=C)CCC(F)(F)F. The summed E-state index contributed by atoms with van der Waals surface area (Å²) in [6.45, 7) is 10.9. The van der Waals surface area contributed by atoms with Crippen LogP contribution in [0.1, 0.15) is 34.1 Å². The van der Waals surface area contributed by atoms with E-state index < -0.39 is 81.1 Å². The highest BCUT2D eigenvalue weighted by molar-refractivity contribution is 6.91. The fourth-order valence-corrected chi connectivity index (χ4v) is 16.1. The number of hydrogen-bond donors (Lipinski definition) is 0. The van der Waals surface area contributed by atoms with Gasteiger partial charge in [-0.1, -0.05) is 26.3 Å². The third kappa shape index (κ3) is 16.1. The van der Waals surface area contributed by atoms with Gasteiger partial charge in [-0.25, -0.2) is 0 Å². The Kier molecular flexibility index (Phi) is 14.4. The average Bonchev–Trinajstić information content (AvgIpc) is 2.55. The van der Waals surface area contributed by atoms with E-state index in [-0.39, 0.29) is 14.9 Å². The molecule has 0 radical (unpaired) electrons. The lowest BCUT2D eigenvalue weighted by molar-refractivity contribution is -0.131. The molecular formula is C18H35F9O2Si3. The fourth-order valence-electron chi connectivity index (χ4n) is 2.65. The van der Waals surface area contributed by atoms with Crippen molar-refractivity contribution in [3.8, 4) is 0 Å². The lowest BCUT2D eigenvalue weighted by Gasteiger charge is -2.41. The predicted molar refractivity (Wildman–Crippen MR) is 117 cm³/mol. The predicted octanol–water partition coefficient (Wildman–Crippen LogP) is 8.82. The Bertz CT molecular complexity index is 542. The standard InChI is InChI=1S/C16H27F9O2Si3.2CH4/c1-6-28(3,11-8-14(17,18)19)26-30(5,13-10-16(23,24)25)27-29(4,7-2)12-9-15(20,21)22;;/h6-7H,1-2,8-13H2,3-5H3;2*1H4. The second-order valence-corrected chi connectivity index (χ2v) is 19.2. The van der Waals surface area contributed by atoms with Gasteiger partial charge in [-0.15, -0.1) is 13.2 Å². The number of rotatable bonds is 12. The second-order valence-electron chi connectivity index (χ2n) is 7.72. The van der Waals surface area contributed by atoms with E-state index >= 15 is 0 Å². The maximum atomic E-state index is 12.8. The van der Waals surface area contributed by atoms with E-state index in [1.54, 1.807) is 0 Å². The molecule has 0 spiro atoms. The van der Waals surface area contributed by atoms with Crippen LogP contribution in [0.5, 0.6) is 0 Å². The van der Waals surface area contributed by atoms with Crippen LogP contribution >= 0.6 is 0 Å². The zero-order chi connectivity index (χ0) is 24.1. The van der Waals surface area contributed by atoms with Crippen LogP contribution in [0.4, 0.5) is 39.5 Å². The molecule has 0 heterocycles. The molecule has 0 bridgehead atoms. The molecule has 0 aromatic carbocycles. The lowest BCUT2D eigenvalue weighted by Crippen LogP contribution is -2.55. The monoisotopic (exact) mass is 538 g/mol.